The first-order valence-corrected chi connectivity index (χ1v) is 6.64. The van der Waals surface area contributed by atoms with Crippen molar-refractivity contribution in [2.75, 3.05) is 0 Å². The van der Waals surface area contributed by atoms with Crippen molar-refractivity contribution in [3.05, 3.63) is 52.1 Å². The van der Waals surface area contributed by atoms with Gasteiger partial charge in [0, 0.05) is 16.7 Å². The molecule has 2 N–H and O–H groups in total. The smallest absolute Gasteiger partial charge is 0.273 e. The molecular weight excluding hydrogens is 299 g/mol. The van der Waals surface area contributed by atoms with Gasteiger partial charge < -0.3 is 14.9 Å². The van der Waals surface area contributed by atoms with Crippen molar-refractivity contribution in [3.8, 4) is 0 Å². The van der Waals surface area contributed by atoms with E-state index in [1.54, 1.807) is 6.92 Å². The van der Waals surface area contributed by atoms with Crippen molar-refractivity contribution in [2.45, 2.75) is 26.0 Å². The van der Waals surface area contributed by atoms with E-state index >= 15 is 0 Å². The van der Waals surface area contributed by atoms with Gasteiger partial charge in [-0.15, -0.1) is 0 Å². The van der Waals surface area contributed by atoms with E-state index in [2.05, 4.69) is 10.5 Å². The van der Waals surface area contributed by atoms with Crippen molar-refractivity contribution in [2.24, 2.45) is 0 Å². The summed E-state index contributed by atoms with van der Waals surface area (Å²) in [5.41, 5.74) is 0.0366. The fraction of sp³-hybridized carbons (Fsp3) is 0.286. The largest absolute Gasteiger partial charge is 0.386 e. The third-order valence-corrected chi connectivity index (χ3v) is 3.32. The lowest BCUT2D eigenvalue weighted by Gasteiger charge is -2.21. The minimum Gasteiger partial charge on any atom is -0.386 e. The van der Waals surface area contributed by atoms with Crippen LogP contribution in [0.25, 0.3) is 0 Å². The lowest BCUT2D eigenvalue weighted by molar-refractivity contribution is 0.0837. The number of aryl methyl sites for hydroxylation is 1. The zero-order chi connectivity index (χ0) is 15.6. The summed E-state index contributed by atoms with van der Waals surface area (Å²) in [4.78, 5) is 11.9. The summed E-state index contributed by atoms with van der Waals surface area (Å²) in [7, 11) is 0. The maximum atomic E-state index is 13.7. The molecule has 0 radical (unpaired) electrons. The summed E-state index contributed by atoms with van der Waals surface area (Å²) in [5.74, 6) is -0.662. The van der Waals surface area contributed by atoms with Gasteiger partial charge in [0.25, 0.3) is 5.91 Å². The van der Waals surface area contributed by atoms with Crippen LogP contribution in [0, 0.1) is 12.7 Å². The Labute approximate surface area is 125 Å². The van der Waals surface area contributed by atoms with E-state index in [1.807, 2.05) is 0 Å². The number of aliphatic hydroxyl groups excluding tert-OH is 1. The number of benzene rings is 1. The number of carbonyl (C=O) groups is 1. The molecule has 112 valence electrons. The Morgan fingerprint density at radius 1 is 1.52 bits per heavy atom. The molecule has 0 bridgehead atoms. The minimum atomic E-state index is -1.28. The van der Waals surface area contributed by atoms with Crippen molar-refractivity contribution in [1.29, 1.82) is 0 Å². The molecular formula is C14H14ClFN2O3. The molecule has 0 spiro atoms. The normalized spacial score (nSPS) is 13.8. The summed E-state index contributed by atoms with van der Waals surface area (Å²) in [5, 5.41) is 16.4. The number of aliphatic hydroxyl groups is 1. The Kier molecular flexibility index (Phi) is 4.59. The molecule has 2 atom stereocenters. The quantitative estimate of drug-likeness (QED) is 0.910. The van der Waals surface area contributed by atoms with Crippen LogP contribution in [0.15, 0.2) is 28.8 Å². The molecule has 0 fully saturated rings. The summed E-state index contributed by atoms with van der Waals surface area (Å²) in [6, 6.07) is 4.81. The number of aromatic nitrogens is 1. The Bertz CT molecular complexity index is 639. The SMILES string of the molecule is Cc1cc(C(=O)N[C@@H](C)[C@@H](O)c2c(F)cccc2Cl)no1. The summed E-state index contributed by atoms with van der Waals surface area (Å²) < 4.78 is 18.5. The third-order valence-electron chi connectivity index (χ3n) is 2.99. The lowest BCUT2D eigenvalue weighted by Crippen LogP contribution is -2.37. The monoisotopic (exact) mass is 312 g/mol. The Balaban J connectivity index is 2.13. The highest BCUT2D eigenvalue weighted by molar-refractivity contribution is 6.31. The van der Waals surface area contributed by atoms with Crippen molar-refractivity contribution < 1.29 is 18.8 Å². The molecule has 1 heterocycles. The van der Waals surface area contributed by atoms with Gasteiger partial charge in [-0.05, 0) is 26.0 Å². The fourth-order valence-electron chi connectivity index (χ4n) is 1.88. The number of nitrogens with zero attached hydrogens (tertiary/aromatic N) is 1. The average molecular weight is 313 g/mol. The minimum absolute atomic E-state index is 0.0525. The molecule has 0 saturated carbocycles. The van der Waals surface area contributed by atoms with Crippen LogP contribution in [-0.2, 0) is 0 Å². The second-order valence-electron chi connectivity index (χ2n) is 4.67. The Morgan fingerprint density at radius 2 is 2.24 bits per heavy atom. The van der Waals surface area contributed by atoms with Crippen LogP contribution in [0.3, 0.4) is 0 Å². The molecule has 1 aromatic heterocycles. The van der Waals surface area contributed by atoms with Gasteiger partial charge in [0.2, 0.25) is 0 Å². The first kappa shape index (κ1) is 15.5. The topological polar surface area (TPSA) is 75.4 Å². The van der Waals surface area contributed by atoms with E-state index in [-0.39, 0.29) is 16.3 Å². The Morgan fingerprint density at radius 3 is 2.81 bits per heavy atom. The molecule has 1 aromatic carbocycles. The van der Waals surface area contributed by atoms with Crippen LogP contribution in [0.5, 0.6) is 0 Å². The predicted molar refractivity (Wildman–Crippen MR) is 74.5 cm³/mol. The van der Waals surface area contributed by atoms with E-state index in [0.717, 1.165) is 0 Å². The van der Waals surface area contributed by atoms with Gasteiger partial charge in [0.1, 0.15) is 17.7 Å². The lowest BCUT2D eigenvalue weighted by atomic mass is 10.0. The standard InChI is InChI=1S/C14H14ClFN2O3/c1-7-6-11(18-21-7)14(20)17-8(2)13(19)12-9(15)4-3-5-10(12)16/h3-6,8,13,19H,1-2H3,(H,17,20)/t8-,13+/m0/s1. The van der Waals surface area contributed by atoms with Crippen molar-refractivity contribution in [1.82, 2.24) is 10.5 Å². The molecule has 0 aliphatic carbocycles. The highest BCUT2D eigenvalue weighted by Crippen LogP contribution is 2.27. The van der Waals surface area contributed by atoms with Crippen LogP contribution in [-0.4, -0.2) is 22.2 Å². The van der Waals surface area contributed by atoms with Crippen LogP contribution in [0.2, 0.25) is 5.02 Å². The molecule has 21 heavy (non-hydrogen) atoms. The maximum absolute atomic E-state index is 13.7. The second-order valence-corrected chi connectivity index (χ2v) is 5.07. The van der Waals surface area contributed by atoms with E-state index in [4.69, 9.17) is 16.1 Å². The van der Waals surface area contributed by atoms with Gasteiger partial charge in [0.15, 0.2) is 5.69 Å². The Hall–Kier alpha value is -1.92. The highest BCUT2D eigenvalue weighted by Gasteiger charge is 2.25. The molecule has 7 heteroatoms. The fourth-order valence-corrected chi connectivity index (χ4v) is 2.15. The molecule has 0 unspecified atom stereocenters. The predicted octanol–water partition coefficient (Wildman–Crippen LogP) is 2.63. The third kappa shape index (κ3) is 3.40. The number of halogens is 2. The number of nitrogens with one attached hydrogen (secondary N) is 1. The van der Waals surface area contributed by atoms with Gasteiger partial charge >= 0.3 is 0 Å². The van der Waals surface area contributed by atoms with Crippen molar-refractivity contribution >= 4 is 17.5 Å². The number of hydrogen-bond donors (Lipinski definition) is 2. The zero-order valence-electron chi connectivity index (χ0n) is 11.4. The van der Waals surface area contributed by atoms with Gasteiger partial charge in [-0.1, -0.05) is 22.8 Å². The second kappa shape index (κ2) is 6.24. The molecule has 0 saturated heterocycles. The van der Waals surface area contributed by atoms with Gasteiger partial charge in [-0.25, -0.2) is 4.39 Å². The zero-order valence-corrected chi connectivity index (χ0v) is 12.2. The molecule has 0 aliphatic heterocycles. The average Bonchev–Trinajstić information content (AvgIpc) is 2.85. The summed E-state index contributed by atoms with van der Waals surface area (Å²) in [6.45, 7) is 3.19. The molecule has 2 rings (SSSR count). The molecule has 2 aromatic rings. The van der Waals surface area contributed by atoms with E-state index < -0.39 is 23.9 Å². The first-order valence-electron chi connectivity index (χ1n) is 6.26. The molecule has 1 amide bonds. The summed E-state index contributed by atoms with van der Waals surface area (Å²) >= 11 is 5.89. The van der Waals surface area contributed by atoms with Crippen LogP contribution >= 0.6 is 11.6 Å². The van der Waals surface area contributed by atoms with E-state index in [1.165, 1.54) is 31.2 Å². The number of amides is 1. The van der Waals surface area contributed by atoms with E-state index in [9.17, 15) is 14.3 Å². The first-order chi connectivity index (χ1) is 9.90. The van der Waals surface area contributed by atoms with Gasteiger partial charge in [-0.3, -0.25) is 4.79 Å². The van der Waals surface area contributed by atoms with Crippen LogP contribution in [0.1, 0.15) is 34.8 Å². The van der Waals surface area contributed by atoms with Crippen LogP contribution in [0.4, 0.5) is 4.39 Å². The van der Waals surface area contributed by atoms with Gasteiger partial charge in [0.05, 0.1) is 6.04 Å². The number of rotatable bonds is 4. The molecule has 5 nitrogen and oxygen atoms in total. The molecule has 0 aliphatic rings. The highest BCUT2D eigenvalue weighted by atomic mass is 35.5. The summed E-state index contributed by atoms with van der Waals surface area (Å²) in [6.07, 6.45) is -1.28. The number of hydrogen-bond acceptors (Lipinski definition) is 4. The van der Waals surface area contributed by atoms with E-state index in [0.29, 0.717) is 5.76 Å². The van der Waals surface area contributed by atoms with Crippen molar-refractivity contribution in [3.63, 3.8) is 0 Å². The number of carbonyl (C=O) groups excluding carboxylic acids is 1. The van der Waals surface area contributed by atoms with Gasteiger partial charge in [-0.2, -0.15) is 0 Å². The maximum Gasteiger partial charge on any atom is 0.273 e. The van der Waals surface area contributed by atoms with Crippen LogP contribution < -0.4 is 5.32 Å².